The second-order valence-electron chi connectivity index (χ2n) is 9.40. The van der Waals surface area contributed by atoms with Crippen molar-refractivity contribution in [2.45, 2.75) is 83.2 Å². The number of nitrogens with zero attached hydrogens (tertiary/aromatic N) is 1. The monoisotopic (exact) mass is 535 g/mol. The lowest BCUT2D eigenvalue weighted by molar-refractivity contribution is -0.517. The summed E-state index contributed by atoms with van der Waals surface area (Å²) in [5, 5.41) is 11.5. The van der Waals surface area contributed by atoms with Crippen molar-refractivity contribution in [1.29, 1.82) is 0 Å². The number of hydrogen-bond acceptors (Lipinski definition) is 7. The number of benzene rings is 2. The Labute approximate surface area is 221 Å². The highest BCUT2D eigenvalue weighted by atomic mass is 19.3. The Bertz CT molecular complexity index is 1020. The number of carbonyl (C=O) groups excluding carboxylic acids is 1. The zero-order valence-corrected chi connectivity index (χ0v) is 21.8. The first-order chi connectivity index (χ1) is 18.2. The summed E-state index contributed by atoms with van der Waals surface area (Å²) < 4.78 is 54.6. The molecule has 0 radical (unpaired) electrons. The number of hydrogen-bond donors (Lipinski definition) is 0. The number of carbonyl (C=O) groups is 1. The van der Waals surface area contributed by atoms with Gasteiger partial charge in [-0.25, -0.2) is 13.6 Å². The molecule has 0 amide bonds. The van der Waals surface area contributed by atoms with E-state index in [0.717, 1.165) is 11.1 Å². The van der Waals surface area contributed by atoms with Crippen molar-refractivity contribution in [3.8, 4) is 0 Å². The van der Waals surface area contributed by atoms with Gasteiger partial charge in [0.1, 0.15) is 6.10 Å². The van der Waals surface area contributed by atoms with E-state index in [1.165, 1.54) is 6.92 Å². The van der Waals surface area contributed by atoms with Gasteiger partial charge in [0.25, 0.3) is 5.92 Å². The van der Waals surface area contributed by atoms with E-state index in [9.17, 15) is 14.9 Å². The molecule has 2 aromatic rings. The summed E-state index contributed by atoms with van der Waals surface area (Å²) in [7, 11) is 0. The fourth-order valence-electron chi connectivity index (χ4n) is 4.70. The minimum absolute atomic E-state index is 0.00664. The van der Waals surface area contributed by atoms with Crippen LogP contribution in [0.1, 0.15) is 44.7 Å². The van der Waals surface area contributed by atoms with Crippen LogP contribution in [0.5, 0.6) is 0 Å². The van der Waals surface area contributed by atoms with Crippen LogP contribution in [0.25, 0.3) is 0 Å². The Kier molecular flexibility index (Phi) is 10.7. The average molecular weight is 536 g/mol. The standard InChI is InChI=1S/C28H35F2NO7/c1-4-23-19(3)24(36-17-20-12-8-6-9-13-20)25(37-18-21-14-10-7-11-15-21)26(38-23)28(29,30)16-22(31(33)34)27(32)35-5-2/h6-15,19,22-26H,4-5,16-18H2,1-3H3/t19-,22?,23+,24-,25+,26+/m0/s1. The molecule has 0 aromatic heterocycles. The van der Waals surface area contributed by atoms with Gasteiger partial charge >= 0.3 is 12.0 Å². The van der Waals surface area contributed by atoms with Gasteiger partial charge < -0.3 is 18.9 Å². The van der Waals surface area contributed by atoms with Crippen molar-refractivity contribution in [3.05, 3.63) is 81.9 Å². The molecule has 208 valence electrons. The molecule has 1 unspecified atom stereocenters. The van der Waals surface area contributed by atoms with E-state index < -0.39 is 53.7 Å². The van der Waals surface area contributed by atoms with E-state index in [1.54, 1.807) is 12.1 Å². The SMILES string of the molecule is CCOC(=O)C(CC(F)(F)[C@@H]1O[C@H](CC)[C@H](C)[C@H](OCc2ccccc2)[C@H]1OCc1ccccc1)[N+](=O)[O-]. The van der Waals surface area contributed by atoms with Crippen molar-refractivity contribution in [2.24, 2.45) is 5.92 Å². The number of ether oxygens (including phenoxy) is 4. The lowest BCUT2D eigenvalue weighted by Gasteiger charge is -2.47. The smallest absolute Gasteiger partial charge is 0.381 e. The summed E-state index contributed by atoms with van der Waals surface area (Å²) in [6.07, 6.45) is -5.53. The highest BCUT2D eigenvalue weighted by Gasteiger charge is 2.58. The van der Waals surface area contributed by atoms with Crippen LogP contribution in [0.15, 0.2) is 60.7 Å². The molecule has 0 saturated carbocycles. The molecule has 6 atom stereocenters. The molecule has 0 bridgehead atoms. The molecule has 0 aliphatic carbocycles. The van der Waals surface area contributed by atoms with Gasteiger partial charge in [0.15, 0.2) is 6.10 Å². The van der Waals surface area contributed by atoms with Gasteiger partial charge in [-0.3, -0.25) is 10.1 Å². The molecule has 1 heterocycles. The van der Waals surface area contributed by atoms with Crippen LogP contribution >= 0.6 is 0 Å². The topological polar surface area (TPSA) is 97.1 Å². The first-order valence-electron chi connectivity index (χ1n) is 12.8. The lowest BCUT2D eigenvalue weighted by atomic mass is 9.83. The Morgan fingerprint density at radius 1 is 1.00 bits per heavy atom. The Morgan fingerprint density at radius 3 is 2.00 bits per heavy atom. The van der Waals surface area contributed by atoms with Gasteiger partial charge in [0.05, 0.1) is 38.4 Å². The Balaban J connectivity index is 1.93. The third kappa shape index (κ3) is 7.55. The molecule has 1 aliphatic rings. The van der Waals surface area contributed by atoms with Crippen LogP contribution in [0, 0.1) is 16.0 Å². The van der Waals surface area contributed by atoms with E-state index in [2.05, 4.69) is 4.74 Å². The predicted molar refractivity (Wildman–Crippen MR) is 135 cm³/mol. The normalized spacial score (nSPS) is 24.5. The number of alkyl halides is 2. The summed E-state index contributed by atoms with van der Waals surface area (Å²) in [6, 6.07) is 16.1. The molecule has 8 nitrogen and oxygen atoms in total. The molecule has 3 rings (SSSR count). The second-order valence-corrected chi connectivity index (χ2v) is 9.40. The van der Waals surface area contributed by atoms with Crippen molar-refractivity contribution < 1.29 is 37.4 Å². The maximum absolute atomic E-state index is 15.9. The largest absolute Gasteiger partial charge is 0.461 e. The van der Waals surface area contributed by atoms with Crippen LogP contribution in [0.3, 0.4) is 0 Å². The van der Waals surface area contributed by atoms with Gasteiger partial charge in [0.2, 0.25) is 0 Å². The van der Waals surface area contributed by atoms with Gasteiger partial charge in [-0.05, 0) is 24.5 Å². The third-order valence-corrected chi connectivity index (χ3v) is 6.72. The molecule has 38 heavy (non-hydrogen) atoms. The number of esters is 1. The molecule has 2 aromatic carbocycles. The minimum atomic E-state index is -3.80. The average Bonchev–Trinajstić information content (AvgIpc) is 2.91. The summed E-state index contributed by atoms with van der Waals surface area (Å²) in [5.74, 6) is -5.42. The van der Waals surface area contributed by atoms with Crippen molar-refractivity contribution in [2.75, 3.05) is 6.61 Å². The highest BCUT2D eigenvalue weighted by molar-refractivity contribution is 5.74. The number of rotatable bonds is 13. The molecule has 10 heteroatoms. The van der Waals surface area contributed by atoms with Crippen LogP contribution in [0.2, 0.25) is 0 Å². The van der Waals surface area contributed by atoms with E-state index in [4.69, 9.17) is 14.2 Å². The second kappa shape index (κ2) is 13.7. The Morgan fingerprint density at radius 2 is 1.53 bits per heavy atom. The summed E-state index contributed by atoms with van der Waals surface area (Å²) in [6.45, 7) is 5.13. The summed E-state index contributed by atoms with van der Waals surface area (Å²) in [5.41, 5.74) is 1.62. The van der Waals surface area contributed by atoms with Crippen molar-refractivity contribution in [3.63, 3.8) is 0 Å². The molecule has 1 fully saturated rings. The van der Waals surface area contributed by atoms with E-state index >= 15 is 8.78 Å². The molecule has 0 spiro atoms. The van der Waals surface area contributed by atoms with E-state index in [-0.39, 0.29) is 25.7 Å². The zero-order chi connectivity index (χ0) is 27.7. The van der Waals surface area contributed by atoms with Crippen molar-refractivity contribution >= 4 is 5.97 Å². The maximum atomic E-state index is 15.9. The summed E-state index contributed by atoms with van der Waals surface area (Å²) >= 11 is 0. The number of nitro groups is 1. The first kappa shape index (κ1) is 29.6. The number of halogens is 2. The van der Waals surface area contributed by atoms with E-state index in [0.29, 0.717) is 6.42 Å². The lowest BCUT2D eigenvalue weighted by Crippen LogP contribution is -2.62. The van der Waals surface area contributed by atoms with Gasteiger partial charge in [-0.2, -0.15) is 0 Å². The van der Waals surface area contributed by atoms with Crippen LogP contribution in [0.4, 0.5) is 8.78 Å². The molecule has 0 N–H and O–H groups in total. The van der Waals surface area contributed by atoms with E-state index in [1.807, 2.05) is 62.4 Å². The van der Waals surface area contributed by atoms with Crippen LogP contribution < -0.4 is 0 Å². The third-order valence-electron chi connectivity index (χ3n) is 6.72. The van der Waals surface area contributed by atoms with Gasteiger partial charge in [-0.15, -0.1) is 0 Å². The minimum Gasteiger partial charge on any atom is -0.461 e. The molecular weight excluding hydrogens is 500 g/mol. The highest BCUT2D eigenvalue weighted by Crippen LogP contribution is 2.41. The predicted octanol–water partition coefficient (Wildman–Crippen LogP) is 5.20. The van der Waals surface area contributed by atoms with Crippen LogP contribution in [-0.2, 0) is 37.0 Å². The quantitative estimate of drug-likeness (QED) is 0.197. The molecule has 1 saturated heterocycles. The van der Waals surface area contributed by atoms with Gasteiger partial charge in [0, 0.05) is 10.8 Å². The van der Waals surface area contributed by atoms with Crippen LogP contribution in [-0.4, -0.2) is 53.9 Å². The first-order valence-corrected chi connectivity index (χ1v) is 12.8. The molecule has 1 aliphatic heterocycles. The van der Waals surface area contributed by atoms with Gasteiger partial charge in [-0.1, -0.05) is 74.5 Å². The maximum Gasteiger partial charge on any atom is 0.381 e. The Hall–Kier alpha value is -2.95. The fourth-order valence-corrected chi connectivity index (χ4v) is 4.70. The zero-order valence-electron chi connectivity index (χ0n) is 21.8. The summed E-state index contributed by atoms with van der Waals surface area (Å²) in [4.78, 5) is 22.6. The molecular formula is C28H35F2NO7. The van der Waals surface area contributed by atoms with Crippen molar-refractivity contribution in [1.82, 2.24) is 0 Å². The fraction of sp³-hybridized carbons (Fsp3) is 0.536.